The fourth-order valence-corrected chi connectivity index (χ4v) is 2.61. The minimum Gasteiger partial charge on any atom is -0.464 e. The van der Waals surface area contributed by atoms with Crippen LogP contribution in [0.1, 0.15) is 32.0 Å². The van der Waals surface area contributed by atoms with Crippen LogP contribution in [0.3, 0.4) is 0 Å². The number of halogens is 1. The van der Waals surface area contributed by atoms with Gasteiger partial charge in [-0.3, -0.25) is 14.4 Å². The number of carbonyl (C=O) groups is 3. The van der Waals surface area contributed by atoms with E-state index in [1.54, 1.807) is 38.2 Å². The predicted octanol–water partition coefficient (Wildman–Crippen LogP) is 1.97. The van der Waals surface area contributed by atoms with Crippen molar-refractivity contribution in [3.63, 3.8) is 0 Å². The number of ketones is 3. The summed E-state index contributed by atoms with van der Waals surface area (Å²) in [6, 6.07) is 8.55. The molecule has 1 aromatic heterocycles. The Morgan fingerprint density at radius 3 is 2.43 bits per heavy atom. The van der Waals surface area contributed by atoms with E-state index in [0.29, 0.717) is 11.0 Å². The quantitative estimate of drug-likeness (QED) is 0.475. The van der Waals surface area contributed by atoms with Crippen LogP contribution in [0.5, 0.6) is 0 Å². The van der Waals surface area contributed by atoms with E-state index in [4.69, 9.17) is 4.42 Å². The Morgan fingerprint density at radius 1 is 1.10 bits per heavy atom. The predicted molar refractivity (Wildman–Crippen MR) is 82.3 cm³/mol. The normalized spacial score (nSPS) is 14.3. The number of hydrogen-bond acceptors (Lipinski definition) is 4. The fourth-order valence-electron chi connectivity index (χ4n) is 2.25. The first-order valence-electron chi connectivity index (χ1n) is 6.19. The van der Waals surface area contributed by atoms with Crippen LogP contribution in [-0.2, 0) is 4.79 Å². The Balaban J connectivity index is 2.18. The lowest BCUT2D eigenvalue weighted by molar-refractivity contribution is -0.111. The Labute approximate surface area is 129 Å². The highest BCUT2D eigenvalue weighted by Crippen LogP contribution is 2.34. The van der Waals surface area contributed by atoms with E-state index in [0.717, 1.165) is 0 Å². The number of allylic oxidation sites excluding steroid dienone is 1. The van der Waals surface area contributed by atoms with Crippen LogP contribution in [0.2, 0.25) is 0 Å². The molecule has 0 saturated carbocycles. The first-order chi connectivity index (χ1) is 10.0. The Hall–Kier alpha value is -2.21. The average Bonchev–Trinajstić information content (AvgIpc) is 2.96. The third kappa shape index (κ3) is 2.03. The van der Waals surface area contributed by atoms with Gasteiger partial charge in [-0.05, 0) is 21.4 Å². The van der Waals surface area contributed by atoms with E-state index >= 15 is 0 Å². The number of carbonyl (C=O) groups excluding carboxylic acids is 3. The van der Waals surface area contributed by atoms with E-state index in [1.165, 1.54) is 6.26 Å². The summed E-state index contributed by atoms with van der Waals surface area (Å²) in [6.45, 7) is 0. The summed E-state index contributed by atoms with van der Waals surface area (Å²) in [7, 11) is 1.66. The van der Waals surface area contributed by atoms with Crippen LogP contribution in [0.4, 0.5) is 0 Å². The van der Waals surface area contributed by atoms with Crippen molar-refractivity contribution in [2.75, 3.05) is 0 Å². The molecule has 1 heterocycles. The highest BCUT2D eigenvalue weighted by molar-refractivity contribution is 9.12. The second kappa shape index (κ2) is 4.97. The van der Waals surface area contributed by atoms with Crippen LogP contribution >= 0.6 is 15.9 Å². The molecular formula is C15H8BBrO4. The van der Waals surface area contributed by atoms with Gasteiger partial charge < -0.3 is 4.42 Å². The smallest absolute Gasteiger partial charge is 0.240 e. The number of fused-ring (bicyclic) bond motifs is 1. The van der Waals surface area contributed by atoms with Gasteiger partial charge in [-0.1, -0.05) is 30.3 Å². The molecule has 1 aliphatic rings. The maximum Gasteiger partial charge on any atom is 0.240 e. The molecule has 0 atom stereocenters. The lowest BCUT2D eigenvalue weighted by Crippen LogP contribution is -2.23. The van der Waals surface area contributed by atoms with E-state index in [-0.39, 0.29) is 27.2 Å². The topological polar surface area (TPSA) is 64.3 Å². The zero-order valence-electron chi connectivity index (χ0n) is 11.0. The largest absolute Gasteiger partial charge is 0.464 e. The van der Waals surface area contributed by atoms with Crippen molar-refractivity contribution < 1.29 is 18.8 Å². The van der Waals surface area contributed by atoms with Crippen molar-refractivity contribution in [2.45, 2.75) is 0 Å². The van der Waals surface area contributed by atoms with Gasteiger partial charge in [-0.15, -0.1) is 0 Å². The summed E-state index contributed by atoms with van der Waals surface area (Å²) in [4.78, 5) is 36.5. The highest BCUT2D eigenvalue weighted by atomic mass is 79.9. The van der Waals surface area contributed by atoms with Crippen molar-refractivity contribution in [1.82, 2.24) is 0 Å². The van der Waals surface area contributed by atoms with Gasteiger partial charge in [-0.25, -0.2) is 0 Å². The van der Waals surface area contributed by atoms with Crippen LogP contribution < -0.4 is 0 Å². The first-order valence-corrected chi connectivity index (χ1v) is 6.98. The molecule has 0 bridgehead atoms. The summed E-state index contributed by atoms with van der Waals surface area (Å²) in [6.07, 6.45) is 1.24. The summed E-state index contributed by atoms with van der Waals surface area (Å²) in [5.74, 6) is -1.46. The van der Waals surface area contributed by atoms with Gasteiger partial charge in [0, 0.05) is 5.56 Å². The van der Waals surface area contributed by atoms with Gasteiger partial charge in [0.25, 0.3) is 0 Å². The maximum atomic E-state index is 12.5. The molecule has 6 heteroatoms. The van der Waals surface area contributed by atoms with Crippen LogP contribution in [0.15, 0.2) is 45.5 Å². The van der Waals surface area contributed by atoms with Crippen LogP contribution in [-0.4, -0.2) is 25.2 Å². The number of furan rings is 1. The highest BCUT2D eigenvalue weighted by Gasteiger charge is 2.36. The molecule has 1 aliphatic carbocycles. The monoisotopic (exact) mass is 342 g/mol. The van der Waals surface area contributed by atoms with Gasteiger partial charge in [-0.2, -0.15) is 0 Å². The van der Waals surface area contributed by atoms with Gasteiger partial charge in [0.15, 0.2) is 5.78 Å². The second-order valence-electron chi connectivity index (χ2n) is 4.65. The third-order valence-electron chi connectivity index (χ3n) is 3.37. The minimum absolute atomic E-state index is 0.0505. The van der Waals surface area contributed by atoms with Crippen molar-refractivity contribution in [2.24, 2.45) is 0 Å². The molecule has 4 nitrogen and oxygen atoms in total. The Morgan fingerprint density at radius 2 is 1.76 bits per heavy atom. The van der Waals surface area contributed by atoms with Crippen LogP contribution in [0.25, 0.3) is 5.47 Å². The SMILES string of the molecule is BC1=C(Br)C(=O)C(=O)c2c(C(=O)c3ccccc3)coc21. The molecule has 21 heavy (non-hydrogen) atoms. The van der Waals surface area contributed by atoms with Crippen molar-refractivity contribution in [1.29, 1.82) is 0 Å². The average molecular weight is 343 g/mol. The molecule has 0 radical (unpaired) electrons. The molecule has 0 saturated heterocycles. The lowest BCUT2D eigenvalue weighted by atomic mass is 9.82. The van der Waals surface area contributed by atoms with Gasteiger partial charge in [0.2, 0.25) is 11.6 Å². The third-order valence-corrected chi connectivity index (χ3v) is 4.33. The summed E-state index contributed by atoms with van der Waals surface area (Å²) in [5.41, 5.74) is 1.12. The molecule has 1 aromatic carbocycles. The Bertz CT molecular complexity index is 817. The molecule has 3 rings (SSSR count). The van der Waals surface area contributed by atoms with E-state index in [9.17, 15) is 14.4 Å². The van der Waals surface area contributed by atoms with E-state index < -0.39 is 11.6 Å². The first kappa shape index (κ1) is 13.8. The van der Waals surface area contributed by atoms with E-state index in [2.05, 4.69) is 15.9 Å². The summed E-state index contributed by atoms with van der Waals surface area (Å²) < 4.78 is 5.52. The number of hydrogen-bond donors (Lipinski definition) is 0. The molecule has 0 aliphatic heterocycles. The summed E-state index contributed by atoms with van der Waals surface area (Å²) >= 11 is 3.08. The fraction of sp³-hybridized carbons (Fsp3) is 0. The van der Waals surface area contributed by atoms with Crippen molar-refractivity contribution in [3.05, 3.63) is 63.5 Å². The molecule has 0 amide bonds. The molecule has 0 unspecified atom stereocenters. The van der Waals surface area contributed by atoms with Gasteiger partial charge in [0.05, 0.1) is 15.6 Å². The maximum absolute atomic E-state index is 12.5. The summed E-state index contributed by atoms with van der Waals surface area (Å²) in [5, 5.41) is 0. The molecule has 102 valence electrons. The molecule has 0 N–H and O–H groups in total. The molecular weight excluding hydrogens is 335 g/mol. The number of benzene rings is 1. The number of rotatable bonds is 2. The molecule has 2 aromatic rings. The van der Waals surface area contributed by atoms with Crippen LogP contribution in [0, 0.1) is 0 Å². The zero-order chi connectivity index (χ0) is 15.1. The van der Waals surface area contributed by atoms with E-state index in [1.807, 2.05) is 0 Å². The zero-order valence-corrected chi connectivity index (χ0v) is 12.6. The molecule has 0 spiro atoms. The second-order valence-corrected chi connectivity index (χ2v) is 5.44. The van der Waals surface area contributed by atoms with Gasteiger partial charge >= 0.3 is 0 Å². The van der Waals surface area contributed by atoms with Crippen molar-refractivity contribution >= 4 is 46.6 Å². The van der Waals surface area contributed by atoms with Gasteiger partial charge in [0.1, 0.15) is 19.9 Å². The molecule has 0 fully saturated rings. The standard InChI is InChI=1S/C15H8BBrO4/c16-10-11(17)14(20)13(19)9-8(6-21-15(9)10)12(18)7-4-2-1-3-5-7/h1-6H,16H2. The number of Topliss-reactive ketones (excluding diaryl/α,β-unsaturated/α-hetero) is 2. The lowest BCUT2D eigenvalue weighted by Gasteiger charge is -2.11. The van der Waals surface area contributed by atoms with Crippen molar-refractivity contribution in [3.8, 4) is 0 Å². The Kier molecular flexibility index (Phi) is 3.25. The minimum atomic E-state index is -0.726.